The molecule has 2 aromatic rings. The zero-order valence-corrected chi connectivity index (χ0v) is 10.2. The first-order valence-electron chi connectivity index (χ1n) is 5.02. The van der Waals surface area contributed by atoms with Crippen LogP contribution in [0.3, 0.4) is 0 Å². The minimum Gasteiger partial charge on any atom is -0.378 e. The van der Waals surface area contributed by atoms with E-state index in [2.05, 4.69) is 22.4 Å². The second-order valence-electron chi connectivity index (χ2n) is 3.46. The van der Waals surface area contributed by atoms with Crippen LogP contribution in [0.25, 0.3) is 0 Å². The number of hydrogen-bond acceptors (Lipinski definition) is 3. The van der Waals surface area contributed by atoms with Crippen LogP contribution in [0.1, 0.15) is 12.5 Å². The van der Waals surface area contributed by atoms with Crippen molar-refractivity contribution in [3.8, 4) is 0 Å². The zero-order valence-electron chi connectivity index (χ0n) is 9.42. The highest BCUT2D eigenvalue weighted by molar-refractivity contribution is 5.85. The van der Waals surface area contributed by atoms with Crippen LogP contribution in [-0.4, -0.2) is 19.6 Å². The van der Waals surface area contributed by atoms with Crippen LogP contribution in [-0.2, 0) is 20.1 Å². The van der Waals surface area contributed by atoms with Gasteiger partial charge >= 0.3 is 0 Å². The fraction of sp³-hybridized carbons (Fsp3) is 0.400. The number of aryl methyl sites for hydroxylation is 2. The summed E-state index contributed by atoms with van der Waals surface area (Å²) in [5, 5.41) is 11.6. The van der Waals surface area contributed by atoms with Gasteiger partial charge in [-0.3, -0.25) is 9.36 Å². The van der Waals surface area contributed by atoms with E-state index in [1.807, 2.05) is 36.5 Å². The third-order valence-corrected chi connectivity index (χ3v) is 2.21. The molecule has 0 unspecified atom stereocenters. The van der Waals surface area contributed by atoms with Gasteiger partial charge < -0.3 is 5.32 Å². The van der Waals surface area contributed by atoms with Crippen molar-refractivity contribution in [2.24, 2.45) is 7.05 Å². The Labute approximate surface area is 101 Å². The SMILES string of the molecule is CCn1cc(NCc2cnn(C)c2)cn1.Cl. The van der Waals surface area contributed by atoms with Gasteiger partial charge in [-0.2, -0.15) is 10.2 Å². The molecule has 0 saturated carbocycles. The third-order valence-electron chi connectivity index (χ3n) is 2.21. The number of halogens is 1. The van der Waals surface area contributed by atoms with Crippen LogP contribution in [0.5, 0.6) is 0 Å². The topological polar surface area (TPSA) is 47.7 Å². The van der Waals surface area contributed by atoms with E-state index in [1.54, 1.807) is 4.68 Å². The maximum absolute atomic E-state index is 4.19. The molecule has 0 aliphatic carbocycles. The molecule has 0 spiro atoms. The van der Waals surface area contributed by atoms with Gasteiger partial charge in [-0.1, -0.05) is 0 Å². The van der Waals surface area contributed by atoms with Crippen molar-refractivity contribution in [3.05, 3.63) is 30.4 Å². The van der Waals surface area contributed by atoms with Crippen molar-refractivity contribution in [2.45, 2.75) is 20.0 Å². The van der Waals surface area contributed by atoms with Gasteiger partial charge in [-0.05, 0) is 6.92 Å². The lowest BCUT2D eigenvalue weighted by Crippen LogP contribution is -1.97. The maximum Gasteiger partial charge on any atom is 0.0729 e. The van der Waals surface area contributed by atoms with E-state index in [-0.39, 0.29) is 12.4 Å². The second-order valence-corrected chi connectivity index (χ2v) is 3.46. The molecule has 16 heavy (non-hydrogen) atoms. The van der Waals surface area contributed by atoms with Crippen LogP contribution in [0.4, 0.5) is 5.69 Å². The molecule has 0 atom stereocenters. The van der Waals surface area contributed by atoms with Crippen LogP contribution in [0, 0.1) is 0 Å². The highest BCUT2D eigenvalue weighted by Gasteiger charge is 1.98. The highest BCUT2D eigenvalue weighted by Crippen LogP contribution is 2.07. The van der Waals surface area contributed by atoms with Gasteiger partial charge in [0.05, 0.1) is 18.1 Å². The van der Waals surface area contributed by atoms with E-state index in [0.717, 1.165) is 18.8 Å². The van der Waals surface area contributed by atoms with Gasteiger partial charge in [0.1, 0.15) is 0 Å². The number of anilines is 1. The molecule has 2 rings (SSSR count). The summed E-state index contributed by atoms with van der Waals surface area (Å²) in [6, 6.07) is 0. The van der Waals surface area contributed by atoms with Crippen LogP contribution in [0.2, 0.25) is 0 Å². The van der Waals surface area contributed by atoms with Crippen molar-refractivity contribution in [2.75, 3.05) is 5.32 Å². The molecule has 0 aliphatic heterocycles. The minimum absolute atomic E-state index is 0. The van der Waals surface area contributed by atoms with Crippen molar-refractivity contribution in [1.82, 2.24) is 19.6 Å². The normalized spacial score (nSPS) is 9.88. The monoisotopic (exact) mass is 241 g/mol. The Kier molecular flexibility index (Phi) is 4.37. The quantitative estimate of drug-likeness (QED) is 0.886. The Morgan fingerprint density at radius 3 is 2.62 bits per heavy atom. The van der Waals surface area contributed by atoms with Crippen LogP contribution < -0.4 is 5.32 Å². The molecule has 0 bridgehead atoms. The first-order chi connectivity index (χ1) is 7.28. The molecular weight excluding hydrogens is 226 g/mol. The molecule has 0 radical (unpaired) electrons. The molecule has 1 N–H and O–H groups in total. The summed E-state index contributed by atoms with van der Waals surface area (Å²) in [6.45, 7) is 3.75. The Morgan fingerprint density at radius 2 is 2.06 bits per heavy atom. The predicted molar refractivity (Wildman–Crippen MR) is 65.7 cm³/mol. The molecule has 2 aromatic heterocycles. The van der Waals surface area contributed by atoms with Gasteiger partial charge in [0, 0.05) is 38.1 Å². The molecule has 0 saturated heterocycles. The lowest BCUT2D eigenvalue weighted by atomic mass is 10.3. The Bertz CT molecular complexity index is 434. The average Bonchev–Trinajstić information content (AvgIpc) is 2.83. The third kappa shape index (κ3) is 3.00. The van der Waals surface area contributed by atoms with E-state index in [4.69, 9.17) is 0 Å². The molecule has 2 heterocycles. The van der Waals surface area contributed by atoms with Crippen molar-refractivity contribution in [1.29, 1.82) is 0 Å². The second kappa shape index (κ2) is 5.55. The van der Waals surface area contributed by atoms with E-state index in [1.165, 1.54) is 5.56 Å². The standard InChI is InChI=1S/C10H15N5.ClH/c1-3-15-8-10(6-13-15)11-4-9-5-12-14(2)7-9;/h5-8,11H,3-4H2,1-2H3;1H. The number of aromatic nitrogens is 4. The molecule has 0 fully saturated rings. The van der Waals surface area contributed by atoms with Gasteiger partial charge in [0.2, 0.25) is 0 Å². The fourth-order valence-corrected chi connectivity index (χ4v) is 1.40. The van der Waals surface area contributed by atoms with Crippen molar-refractivity contribution < 1.29 is 0 Å². The van der Waals surface area contributed by atoms with Gasteiger partial charge in [0.15, 0.2) is 0 Å². The lowest BCUT2D eigenvalue weighted by molar-refractivity contribution is 0.660. The minimum atomic E-state index is 0. The predicted octanol–water partition coefficient (Wildman–Crippen LogP) is 1.67. The highest BCUT2D eigenvalue weighted by atomic mass is 35.5. The van der Waals surface area contributed by atoms with Crippen LogP contribution >= 0.6 is 12.4 Å². The first kappa shape index (κ1) is 12.6. The number of nitrogens with one attached hydrogen (secondary N) is 1. The van der Waals surface area contributed by atoms with Gasteiger partial charge in [-0.15, -0.1) is 12.4 Å². The molecule has 0 aliphatic rings. The Morgan fingerprint density at radius 1 is 1.25 bits per heavy atom. The summed E-state index contributed by atoms with van der Waals surface area (Å²) in [5.74, 6) is 0. The lowest BCUT2D eigenvalue weighted by Gasteiger charge is -1.99. The summed E-state index contributed by atoms with van der Waals surface area (Å²) in [5.41, 5.74) is 2.21. The van der Waals surface area contributed by atoms with E-state index in [9.17, 15) is 0 Å². The number of hydrogen-bond donors (Lipinski definition) is 1. The number of rotatable bonds is 4. The van der Waals surface area contributed by atoms with Crippen molar-refractivity contribution in [3.63, 3.8) is 0 Å². The first-order valence-corrected chi connectivity index (χ1v) is 5.02. The van der Waals surface area contributed by atoms with E-state index < -0.39 is 0 Å². The van der Waals surface area contributed by atoms with Gasteiger partial charge in [-0.25, -0.2) is 0 Å². The largest absolute Gasteiger partial charge is 0.378 e. The summed E-state index contributed by atoms with van der Waals surface area (Å²) in [4.78, 5) is 0. The number of nitrogens with zero attached hydrogens (tertiary/aromatic N) is 4. The summed E-state index contributed by atoms with van der Waals surface area (Å²) in [7, 11) is 1.92. The summed E-state index contributed by atoms with van der Waals surface area (Å²) < 4.78 is 3.69. The van der Waals surface area contributed by atoms with E-state index >= 15 is 0 Å². The average molecular weight is 242 g/mol. The molecule has 88 valence electrons. The maximum atomic E-state index is 4.19. The van der Waals surface area contributed by atoms with Gasteiger partial charge in [0.25, 0.3) is 0 Å². The molecule has 0 amide bonds. The fourth-order valence-electron chi connectivity index (χ4n) is 1.40. The Hall–Kier alpha value is -1.49. The van der Waals surface area contributed by atoms with E-state index in [0.29, 0.717) is 0 Å². The van der Waals surface area contributed by atoms with Crippen molar-refractivity contribution >= 4 is 18.1 Å². The van der Waals surface area contributed by atoms with Crippen LogP contribution in [0.15, 0.2) is 24.8 Å². The zero-order chi connectivity index (χ0) is 10.7. The Balaban J connectivity index is 0.00000128. The smallest absolute Gasteiger partial charge is 0.0729 e. The summed E-state index contributed by atoms with van der Waals surface area (Å²) >= 11 is 0. The molecule has 6 heteroatoms. The summed E-state index contributed by atoms with van der Waals surface area (Å²) in [6.07, 6.45) is 7.69. The molecule has 0 aromatic carbocycles. The molecule has 5 nitrogen and oxygen atoms in total. The molecular formula is C10H16ClN5.